The quantitative estimate of drug-likeness (QED) is 0.290. The van der Waals surface area contributed by atoms with Crippen molar-refractivity contribution in [3.05, 3.63) is 38.4 Å². The molecule has 1 N–H and O–H groups in total. The number of nitro groups is 1. The number of ether oxygens (including phenoxy) is 2. The van der Waals surface area contributed by atoms with E-state index in [0.29, 0.717) is 35.2 Å². The summed E-state index contributed by atoms with van der Waals surface area (Å²) >= 11 is 5.33. The highest BCUT2D eigenvalue weighted by Crippen LogP contribution is 2.38. The van der Waals surface area contributed by atoms with Gasteiger partial charge in [0.25, 0.3) is 0 Å². The van der Waals surface area contributed by atoms with Gasteiger partial charge in [-0.3, -0.25) is 15.2 Å². The highest BCUT2D eigenvalue weighted by molar-refractivity contribution is 7.71. The number of aromatic nitrogens is 3. The largest absolute Gasteiger partial charge is 0.490 e. The molecular formula is C19H25N5O4S. The van der Waals surface area contributed by atoms with Gasteiger partial charge in [-0.15, -0.1) is 0 Å². The Morgan fingerprint density at radius 2 is 2.03 bits per heavy atom. The summed E-state index contributed by atoms with van der Waals surface area (Å²) in [6.07, 6.45) is 7.20. The minimum atomic E-state index is -0.484. The molecule has 1 fully saturated rings. The van der Waals surface area contributed by atoms with Crippen molar-refractivity contribution in [1.82, 2.24) is 14.9 Å². The summed E-state index contributed by atoms with van der Waals surface area (Å²) in [5, 5.41) is 23.2. The lowest BCUT2D eigenvalue weighted by atomic mass is 9.89. The van der Waals surface area contributed by atoms with Gasteiger partial charge in [-0.2, -0.15) is 14.9 Å². The maximum absolute atomic E-state index is 11.5. The number of aromatic amines is 1. The van der Waals surface area contributed by atoms with Gasteiger partial charge in [0.1, 0.15) is 0 Å². The second-order valence-corrected chi connectivity index (χ2v) is 7.16. The van der Waals surface area contributed by atoms with E-state index in [1.54, 1.807) is 17.7 Å². The van der Waals surface area contributed by atoms with E-state index in [9.17, 15) is 10.1 Å². The average molecular weight is 420 g/mol. The minimum absolute atomic E-state index is 0.124. The fourth-order valence-electron chi connectivity index (χ4n) is 3.54. The fourth-order valence-corrected chi connectivity index (χ4v) is 3.72. The number of rotatable bonds is 8. The van der Waals surface area contributed by atoms with Crippen molar-refractivity contribution in [2.75, 3.05) is 13.2 Å². The first-order valence-electron chi connectivity index (χ1n) is 9.84. The molecule has 1 aromatic carbocycles. The summed E-state index contributed by atoms with van der Waals surface area (Å²) in [6, 6.07) is 3.09. The molecule has 0 saturated heterocycles. The molecule has 156 valence electrons. The van der Waals surface area contributed by atoms with E-state index < -0.39 is 4.92 Å². The van der Waals surface area contributed by atoms with Gasteiger partial charge in [-0.1, -0.05) is 19.3 Å². The third kappa shape index (κ3) is 4.81. The second kappa shape index (κ2) is 9.64. The SMILES string of the molecule is CCOc1cc(/C=N\n2c(C3CCCCC3)n[nH]c2=S)cc([N+](=O)[O-])c1OCC. The van der Waals surface area contributed by atoms with Crippen LogP contribution in [0.25, 0.3) is 0 Å². The molecule has 2 aromatic rings. The molecule has 0 radical (unpaired) electrons. The number of nitrogens with zero attached hydrogens (tertiary/aromatic N) is 4. The fraction of sp³-hybridized carbons (Fsp3) is 0.526. The molecule has 0 aliphatic heterocycles. The van der Waals surface area contributed by atoms with Gasteiger partial charge < -0.3 is 9.47 Å². The molecule has 1 aliphatic rings. The Morgan fingerprint density at radius 1 is 1.31 bits per heavy atom. The Kier molecular flexibility index (Phi) is 6.97. The molecule has 10 heteroatoms. The molecule has 0 unspecified atom stereocenters. The monoisotopic (exact) mass is 419 g/mol. The van der Waals surface area contributed by atoms with E-state index >= 15 is 0 Å². The van der Waals surface area contributed by atoms with Crippen molar-refractivity contribution in [2.24, 2.45) is 5.10 Å². The highest BCUT2D eigenvalue weighted by Gasteiger charge is 2.23. The normalized spacial score (nSPS) is 15.0. The third-order valence-corrected chi connectivity index (χ3v) is 5.08. The van der Waals surface area contributed by atoms with Crippen molar-refractivity contribution in [1.29, 1.82) is 0 Å². The van der Waals surface area contributed by atoms with Crippen molar-refractivity contribution >= 4 is 24.1 Å². The Labute approximate surface area is 173 Å². The van der Waals surface area contributed by atoms with Crippen LogP contribution in [0.5, 0.6) is 11.5 Å². The molecule has 1 saturated carbocycles. The lowest BCUT2D eigenvalue weighted by molar-refractivity contribution is -0.385. The zero-order chi connectivity index (χ0) is 20.8. The number of nitrogens with one attached hydrogen (secondary N) is 1. The van der Waals surface area contributed by atoms with Crippen LogP contribution in [0.15, 0.2) is 17.2 Å². The summed E-state index contributed by atoms with van der Waals surface area (Å²) in [5.41, 5.74) is 0.351. The smallest absolute Gasteiger partial charge is 0.315 e. The summed E-state index contributed by atoms with van der Waals surface area (Å²) < 4.78 is 13.0. The molecule has 1 heterocycles. The molecule has 29 heavy (non-hydrogen) atoms. The van der Waals surface area contributed by atoms with Gasteiger partial charge in [-0.05, 0) is 45.0 Å². The molecule has 0 spiro atoms. The van der Waals surface area contributed by atoms with Crippen molar-refractivity contribution in [3.8, 4) is 11.5 Å². The zero-order valence-corrected chi connectivity index (χ0v) is 17.4. The Balaban J connectivity index is 1.98. The Bertz CT molecular complexity index is 947. The predicted octanol–water partition coefficient (Wildman–Crippen LogP) is 4.58. The molecule has 0 atom stereocenters. The number of benzene rings is 1. The van der Waals surface area contributed by atoms with Crippen LogP contribution >= 0.6 is 12.2 Å². The van der Waals surface area contributed by atoms with Gasteiger partial charge in [0.15, 0.2) is 11.6 Å². The van der Waals surface area contributed by atoms with Crippen LogP contribution in [-0.2, 0) is 0 Å². The van der Waals surface area contributed by atoms with Crippen LogP contribution in [0.1, 0.15) is 63.3 Å². The summed E-state index contributed by atoms with van der Waals surface area (Å²) in [4.78, 5) is 11.1. The first-order chi connectivity index (χ1) is 14.0. The second-order valence-electron chi connectivity index (χ2n) is 6.77. The molecular weight excluding hydrogens is 394 g/mol. The first-order valence-corrected chi connectivity index (χ1v) is 10.3. The van der Waals surface area contributed by atoms with E-state index in [0.717, 1.165) is 31.5 Å². The van der Waals surface area contributed by atoms with Crippen LogP contribution in [-0.4, -0.2) is 39.2 Å². The van der Waals surface area contributed by atoms with Gasteiger partial charge in [0.2, 0.25) is 10.5 Å². The minimum Gasteiger partial charge on any atom is -0.490 e. The van der Waals surface area contributed by atoms with Crippen LogP contribution in [0.3, 0.4) is 0 Å². The third-order valence-electron chi connectivity index (χ3n) is 4.81. The lowest BCUT2D eigenvalue weighted by Gasteiger charge is -2.19. The number of hydrogen-bond acceptors (Lipinski definition) is 7. The highest BCUT2D eigenvalue weighted by atomic mass is 32.1. The first kappa shape index (κ1) is 21.0. The van der Waals surface area contributed by atoms with E-state index in [4.69, 9.17) is 21.7 Å². The topological polar surface area (TPSA) is 108 Å². The Hall–Kier alpha value is -2.75. The Morgan fingerprint density at radius 3 is 2.69 bits per heavy atom. The van der Waals surface area contributed by atoms with Crippen LogP contribution < -0.4 is 9.47 Å². The maximum atomic E-state index is 11.5. The van der Waals surface area contributed by atoms with Gasteiger partial charge in [0, 0.05) is 17.5 Å². The van der Waals surface area contributed by atoms with E-state index in [-0.39, 0.29) is 11.4 Å². The molecule has 3 rings (SSSR count). The number of H-pyrrole nitrogens is 1. The van der Waals surface area contributed by atoms with Crippen molar-refractivity contribution < 1.29 is 14.4 Å². The van der Waals surface area contributed by atoms with Crippen molar-refractivity contribution in [3.63, 3.8) is 0 Å². The van der Waals surface area contributed by atoms with Crippen LogP contribution in [0.4, 0.5) is 5.69 Å². The van der Waals surface area contributed by atoms with Crippen molar-refractivity contribution in [2.45, 2.75) is 51.9 Å². The molecule has 9 nitrogen and oxygen atoms in total. The number of hydrogen-bond donors (Lipinski definition) is 1. The summed E-state index contributed by atoms with van der Waals surface area (Å²) in [6.45, 7) is 4.23. The van der Waals surface area contributed by atoms with Gasteiger partial charge >= 0.3 is 5.69 Å². The molecule has 0 bridgehead atoms. The van der Waals surface area contributed by atoms with Crippen LogP contribution in [0.2, 0.25) is 0 Å². The van der Waals surface area contributed by atoms with Crippen LogP contribution in [0, 0.1) is 14.9 Å². The summed E-state index contributed by atoms with van der Waals surface area (Å²) in [5.74, 6) is 1.55. The van der Waals surface area contributed by atoms with Gasteiger partial charge in [-0.25, -0.2) is 0 Å². The molecule has 0 amide bonds. The molecule has 1 aliphatic carbocycles. The standard InChI is InChI=1S/C19H25N5O4S/c1-3-27-16-11-13(10-15(24(25)26)17(16)28-4-2)12-20-23-18(21-22-19(23)29)14-8-6-5-7-9-14/h10-12,14H,3-9H2,1-2H3,(H,22,29)/b20-12-. The van der Waals surface area contributed by atoms with E-state index in [1.807, 2.05) is 6.92 Å². The zero-order valence-electron chi connectivity index (χ0n) is 16.6. The summed E-state index contributed by atoms with van der Waals surface area (Å²) in [7, 11) is 0. The molecule has 1 aromatic heterocycles. The average Bonchev–Trinajstić information content (AvgIpc) is 3.09. The van der Waals surface area contributed by atoms with Gasteiger partial charge in [0.05, 0.1) is 24.4 Å². The van der Waals surface area contributed by atoms with E-state index in [1.165, 1.54) is 18.7 Å². The maximum Gasteiger partial charge on any atom is 0.315 e. The lowest BCUT2D eigenvalue weighted by Crippen LogP contribution is -2.10. The van der Waals surface area contributed by atoms with E-state index in [2.05, 4.69) is 15.3 Å². The number of nitro benzene ring substituents is 1. The predicted molar refractivity (Wildman–Crippen MR) is 112 cm³/mol.